The third-order valence-corrected chi connectivity index (χ3v) is 5.80. The Hall–Kier alpha value is -3.57. The summed E-state index contributed by atoms with van der Waals surface area (Å²) in [5.41, 5.74) is 3.71. The van der Waals surface area contributed by atoms with Crippen molar-refractivity contribution in [2.45, 2.75) is 30.8 Å². The van der Waals surface area contributed by atoms with E-state index in [1.807, 2.05) is 37.3 Å². The maximum atomic E-state index is 12.8. The third kappa shape index (κ3) is 4.32. The van der Waals surface area contributed by atoms with Crippen LogP contribution in [-0.2, 0) is 15.3 Å². The normalized spacial score (nSPS) is 15.1. The molecule has 0 radical (unpaired) electrons. The van der Waals surface area contributed by atoms with Crippen molar-refractivity contribution in [1.82, 2.24) is 14.8 Å². The Balaban J connectivity index is 1.71. The lowest BCUT2D eigenvalue weighted by Crippen LogP contribution is -2.29. The maximum Gasteiger partial charge on any atom is 0.338 e. The Kier molecular flexibility index (Phi) is 6.05. The minimum absolute atomic E-state index is 0.276. The zero-order valence-corrected chi connectivity index (χ0v) is 18.0. The molecule has 7 nitrogen and oxygen atoms in total. The number of thioether (sulfide) groups is 1. The Labute approximate surface area is 184 Å². The van der Waals surface area contributed by atoms with Crippen LogP contribution in [0.25, 0.3) is 0 Å². The molecule has 8 heteroatoms. The summed E-state index contributed by atoms with van der Waals surface area (Å²) in [5.74, 6) is 0.903. The van der Waals surface area contributed by atoms with Crippen molar-refractivity contribution in [3.05, 3.63) is 82.6 Å². The number of carbonyl (C=O) groups is 1. The van der Waals surface area contributed by atoms with E-state index >= 15 is 0 Å². The Morgan fingerprint density at radius 1 is 1.23 bits per heavy atom. The molecule has 0 fully saturated rings. The van der Waals surface area contributed by atoms with Gasteiger partial charge in [-0.3, -0.25) is 0 Å². The number of carbonyl (C=O) groups excluding carboxylic acids is 1. The molecule has 2 aromatic carbocycles. The molecule has 0 amide bonds. The maximum absolute atomic E-state index is 12.8. The molecular formula is C23H21N5O2S. The molecule has 2 heterocycles. The van der Waals surface area contributed by atoms with E-state index in [1.165, 1.54) is 17.3 Å². The number of nitrogens with zero attached hydrogens (tertiary/aromatic N) is 4. The zero-order chi connectivity index (χ0) is 21.8. The van der Waals surface area contributed by atoms with Gasteiger partial charge in [0, 0.05) is 11.4 Å². The number of aromatic nitrogens is 3. The lowest BCUT2D eigenvalue weighted by atomic mass is 9.95. The van der Waals surface area contributed by atoms with Gasteiger partial charge in [-0.05, 0) is 37.1 Å². The summed E-state index contributed by atoms with van der Waals surface area (Å²) >= 11 is 1.53. The fourth-order valence-electron chi connectivity index (χ4n) is 3.44. The van der Waals surface area contributed by atoms with Gasteiger partial charge in [0.1, 0.15) is 6.04 Å². The van der Waals surface area contributed by atoms with Gasteiger partial charge in [-0.25, -0.2) is 9.48 Å². The van der Waals surface area contributed by atoms with Crippen molar-refractivity contribution in [3.8, 4) is 6.07 Å². The van der Waals surface area contributed by atoms with E-state index < -0.39 is 12.0 Å². The van der Waals surface area contributed by atoms with Crippen LogP contribution in [0.3, 0.4) is 0 Å². The predicted molar refractivity (Wildman–Crippen MR) is 118 cm³/mol. The number of anilines is 1. The largest absolute Gasteiger partial charge is 0.463 e. The van der Waals surface area contributed by atoms with Crippen LogP contribution >= 0.6 is 11.8 Å². The average molecular weight is 432 g/mol. The van der Waals surface area contributed by atoms with Crippen molar-refractivity contribution in [2.75, 3.05) is 11.9 Å². The van der Waals surface area contributed by atoms with Gasteiger partial charge >= 0.3 is 5.97 Å². The number of hydrogen-bond acceptors (Lipinski definition) is 7. The molecule has 1 aromatic heterocycles. The van der Waals surface area contributed by atoms with Crippen LogP contribution in [0.5, 0.6) is 0 Å². The topological polar surface area (TPSA) is 92.8 Å². The molecule has 1 aliphatic heterocycles. The van der Waals surface area contributed by atoms with Gasteiger partial charge in [0.25, 0.3) is 0 Å². The van der Waals surface area contributed by atoms with Gasteiger partial charge in [-0.1, -0.05) is 54.2 Å². The standard InChI is InChI=1S/C23H21N5O2S/c1-3-30-21(29)19-15(2)25-22-26-23(31-14-17-7-5-4-6-8-17)27-28(22)20(19)18-11-9-16(13-24)10-12-18/h4-12,20H,3,14H2,1-2H3,(H,25,26,27)/t20-/m0/s1. The Morgan fingerprint density at radius 3 is 2.65 bits per heavy atom. The van der Waals surface area contributed by atoms with E-state index in [1.54, 1.807) is 23.7 Å². The number of benzene rings is 2. The van der Waals surface area contributed by atoms with Crippen molar-refractivity contribution >= 4 is 23.7 Å². The monoisotopic (exact) mass is 431 g/mol. The van der Waals surface area contributed by atoms with E-state index in [2.05, 4.69) is 28.5 Å². The van der Waals surface area contributed by atoms with Crippen LogP contribution < -0.4 is 5.32 Å². The summed E-state index contributed by atoms with van der Waals surface area (Å²) in [6.07, 6.45) is 0. The van der Waals surface area contributed by atoms with Gasteiger partial charge in [-0.15, -0.1) is 5.10 Å². The Morgan fingerprint density at radius 2 is 1.97 bits per heavy atom. The van der Waals surface area contributed by atoms with Crippen LogP contribution in [0.4, 0.5) is 5.95 Å². The van der Waals surface area contributed by atoms with Crippen LogP contribution in [0.1, 0.15) is 36.6 Å². The number of fused-ring (bicyclic) bond motifs is 1. The highest BCUT2D eigenvalue weighted by Crippen LogP contribution is 2.37. The highest BCUT2D eigenvalue weighted by molar-refractivity contribution is 7.98. The average Bonchev–Trinajstić information content (AvgIpc) is 3.20. The van der Waals surface area contributed by atoms with Crippen molar-refractivity contribution < 1.29 is 9.53 Å². The minimum Gasteiger partial charge on any atom is -0.463 e. The summed E-state index contributed by atoms with van der Waals surface area (Å²) in [4.78, 5) is 17.4. The van der Waals surface area contributed by atoms with Crippen molar-refractivity contribution in [1.29, 1.82) is 5.26 Å². The molecule has 4 rings (SSSR count). The van der Waals surface area contributed by atoms with Gasteiger partial charge in [-0.2, -0.15) is 10.2 Å². The first kappa shape index (κ1) is 20.7. The quantitative estimate of drug-likeness (QED) is 0.460. The van der Waals surface area contributed by atoms with Gasteiger partial charge in [0.15, 0.2) is 0 Å². The number of allylic oxidation sites excluding steroid dienone is 1. The zero-order valence-electron chi connectivity index (χ0n) is 17.2. The molecule has 0 bridgehead atoms. The first-order chi connectivity index (χ1) is 15.1. The third-order valence-electron chi connectivity index (χ3n) is 4.89. The minimum atomic E-state index is -0.499. The van der Waals surface area contributed by atoms with Gasteiger partial charge < -0.3 is 10.1 Å². The molecule has 0 unspecified atom stereocenters. The second kappa shape index (κ2) is 9.06. The van der Waals surface area contributed by atoms with Gasteiger partial charge in [0.05, 0.1) is 23.8 Å². The number of esters is 1. The number of rotatable bonds is 6. The lowest BCUT2D eigenvalue weighted by Gasteiger charge is -2.28. The molecule has 0 spiro atoms. The van der Waals surface area contributed by atoms with E-state index in [-0.39, 0.29) is 6.61 Å². The second-order valence-electron chi connectivity index (χ2n) is 6.96. The predicted octanol–water partition coefficient (Wildman–Crippen LogP) is 4.29. The molecule has 0 saturated carbocycles. The summed E-state index contributed by atoms with van der Waals surface area (Å²) in [7, 11) is 0. The molecule has 3 aromatic rings. The van der Waals surface area contributed by atoms with Crippen LogP contribution in [0, 0.1) is 11.3 Å². The van der Waals surface area contributed by atoms with Crippen LogP contribution in [0.2, 0.25) is 0 Å². The molecule has 31 heavy (non-hydrogen) atoms. The SMILES string of the molecule is CCOC(=O)C1=C(C)Nc2nc(SCc3ccccc3)nn2[C@H]1c1ccc(C#N)cc1. The summed E-state index contributed by atoms with van der Waals surface area (Å²) in [6, 6.07) is 18.9. The lowest BCUT2D eigenvalue weighted by molar-refractivity contribution is -0.139. The number of nitrogens with one attached hydrogen (secondary N) is 1. The van der Waals surface area contributed by atoms with Crippen molar-refractivity contribution in [2.24, 2.45) is 0 Å². The molecule has 156 valence electrons. The Bertz CT molecular complexity index is 1160. The van der Waals surface area contributed by atoms with Crippen molar-refractivity contribution in [3.63, 3.8) is 0 Å². The number of nitriles is 1. The van der Waals surface area contributed by atoms with Crippen LogP contribution in [0.15, 0.2) is 71.0 Å². The fraction of sp³-hybridized carbons (Fsp3) is 0.217. The molecular weight excluding hydrogens is 410 g/mol. The first-order valence-electron chi connectivity index (χ1n) is 9.89. The summed E-state index contributed by atoms with van der Waals surface area (Å²) < 4.78 is 7.04. The first-order valence-corrected chi connectivity index (χ1v) is 10.9. The van der Waals surface area contributed by atoms with E-state index in [4.69, 9.17) is 15.1 Å². The smallest absolute Gasteiger partial charge is 0.338 e. The molecule has 0 saturated heterocycles. The summed E-state index contributed by atoms with van der Waals surface area (Å²) in [6.45, 7) is 3.88. The van der Waals surface area contributed by atoms with Gasteiger partial charge in [0.2, 0.25) is 11.1 Å². The second-order valence-corrected chi connectivity index (χ2v) is 7.90. The van der Waals surface area contributed by atoms with E-state index in [0.717, 1.165) is 11.3 Å². The number of hydrogen-bond donors (Lipinski definition) is 1. The van der Waals surface area contributed by atoms with Crippen LogP contribution in [-0.4, -0.2) is 27.3 Å². The molecule has 0 aliphatic carbocycles. The number of ether oxygens (including phenoxy) is 1. The molecule has 1 N–H and O–H groups in total. The highest BCUT2D eigenvalue weighted by atomic mass is 32.2. The molecule has 1 aliphatic rings. The fourth-order valence-corrected chi connectivity index (χ4v) is 4.22. The van der Waals surface area contributed by atoms with E-state index in [0.29, 0.717) is 27.9 Å². The van der Waals surface area contributed by atoms with E-state index in [9.17, 15) is 4.79 Å². The molecule has 1 atom stereocenters. The summed E-state index contributed by atoms with van der Waals surface area (Å²) in [5, 5.41) is 17.6. The highest BCUT2D eigenvalue weighted by Gasteiger charge is 2.35.